The lowest BCUT2D eigenvalue weighted by Gasteiger charge is -2.27. The van der Waals surface area contributed by atoms with Crippen molar-refractivity contribution in [3.63, 3.8) is 0 Å². The first kappa shape index (κ1) is 20.1. The number of imidazole rings is 1. The zero-order valence-electron chi connectivity index (χ0n) is 17.9. The number of ether oxygens (including phenoxy) is 1. The summed E-state index contributed by atoms with van der Waals surface area (Å²) < 4.78 is 7.16. The molecular weight excluding hydrogens is 378 g/mol. The van der Waals surface area contributed by atoms with Gasteiger partial charge in [0, 0.05) is 38.0 Å². The van der Waals surface area contributed by atoms with Crippen LogP contribution in [0.4, 0.5) is 5.82 Å². The minimum absolute atomic E-state index is 0.135. The Bertz CT molecular complexity index is 1080. The van der Waals surface area contributed by atoms with Crippen molar-refractivity contribution in [2.24, 2.45) is 7.05 Å². The molecule has 30 heavy (non-hydrogen) atoms. The van der Waals surface area contributed by atoms with Crippen LogP contribution in [0.2, 0.25) is 0 Å². The van der Waals surface area contributed by atoms with E-state index in [0.717, 1.165) is 53.3 Å². The van der Waals surface area contributed by atoms with E-state index in [9.17, 15) is 4.79 Å². The maximum atomic E-state index is 13.0. The molecule has 1 aromatic carbocycles. The van der Waals surface area contributed by atoms with E-state index in [1.807, 2.05) is 60.9 Å². The number of benzene rings is 1. The lowest BCUT2D eigenvalue weighted by molar-refractivity contribution is -0.119. The third-order valence-electron chi connectivity index (χ3n) is 5.74. The van der Waals surface area contributed by atoms with Crippen LogP contribution in [0.1, 0.15) is 30.2 Å². The van der Waals surface area contributed by atoms with Gasteiger partial charge in [-0.25, -0.2) is 15.0 Å². The Morgan fingerprint density at radius 3 is 2.87 bits per heavy atom. The number of Topliss-reactive ketones (excluding diaryl/α,β-unsaturated/α-hetero) is 1. The largest absolute Gasteiger partial charge is 0.497 e. The van der Waals surface area contributed by atoms with Crippen LogP contribution in [0.5, 0.6) is 5.75 Å². The average molecular weight is 406 g/mol. The van der Waals surface area contributed by atoms with Crippen LogP contribution in [-0.2, 0) is 31.1 Å². The third-order valence-corrected chi connectivity index (χ3v) is 5.74. The Labute approximate surface area is 176 Å². The number of carbonyl (C=O) groups is 1. The number of fused-ring (bicyclic) bond motifs is 1. The first-order valence-electron chi connectivity index (χ1n) is 10.2. The number of likely N-dealkylation sites (N-methyl/N-ethyl adjacent to an activating group) is 1. The van der Waals surface area contributed by atoms with Crippen LogP contribution in [0.15, 0.2) is 36.8 Å². The van der Waals surface area contributed by atoms with Crippen LogP contribution in [0, 0.1) is 0 Å². The summed E-state index contributed by atoms with van der Waals surface area (Å²) >= 11 is 0. The second kappa shape index (κ2) is 8.26. The number of anilines is 1. The minimum Gasteiger partial charge on any atom is -0.497 e. The Morgan fingerprint density at radius 2 is 2.13 bits per heavy atom. The van der Waals surface area contributed by atoms with E-state index < -0.39 is 0 Å². The van der Waals surface area contributed by atoms with Gasteiger partial charge in [0.1, 0.15) is 17.3 Å². The molecule has 0 unspecified atom stereocenters. The lowest BCUT2D eigenvalue weighted by atomic mass is 10.0. The molecule has 2 aromatic heterocycles. The van der Waals surface area contributed by atoms with Crippen molar-refractivity contribution in [3.8, 4) is 17.3 Å². The number of nitrogens with zero attached hydrogens (tertiary/aromatic N) is 5. The molecule has 156 valence electrons. The number of methoxy groups -OCH3 is 1. The average Bonchev–Trinajstić information content (AvgIpc) is 3.40. The van der Waals surface area contributed by atoms with E-state index in [1.165, 1.54) is 0 Å². The topological polar surface area (TPSA) is 73.1 Å². The number of hydrogen-bond donors (Lipinski definition) is 0. The van der Waals surface area contributed by atoms with Gasteiger partial charge in [0.2, 0.25) is 0 Å². The van der Waals surface area contributed by atoms with Crippen molar-refractivity contribution in [1.82, 2.24) is 19.5 Å². The van der Waals surface area contributed by atoms with Gasteiger partial charge in [0.25, 0.3) is 0 Å². The van der Waals surface area contributed by atoms with Gasteiger partial charge in [-0.3, -0.25) is 4.79 Å². The van der Waals surface area contributed by atoms with Crippen molar-refractivity contribution in [2.45, 2.75) is 38.6 Å². The summed E-state index contributed by atoms with van der Waals surface area (Å²) in [6.45, 7) is 1.94. The normalized spacial score (nSPS) is 13.7. The number of aromatic nitrogens is 4. The number of hydrogen-bond acceptors (Lipinski definition) is 6. The van der Waals surface area contributed by atoms with Crippen LogP contribution < -0.4 is 9.64 Å². The van der Waals surface area contributed by atoms with Crippen LogP contribution in [-0.4, -0.2) is 45.5 Å². The maximum absolute atomic E-state index is 13.0. The summed E-state index contributed by atoms with van der Waals surface area (Å²) in [6, 6.07) is 7.34. The molecule has 7 nitrogen and oxygen atoms in total. The highest BCUT2D eigenvalue weighted by molar-refractivity contribution is 5.88. The second-order valence-corrected chi connectivity index (χ2v) is 7.86. The van der Waals surface area contributed by atoms with E-state index in [-0.39, 0.29) is 11.8 Å². The van der Waals surface area contributed by atoms with Crippen LogP contribution in [0.25, 0.3) is 11.5 Å². The molecule has 0 saturated carbocycles. The highest BCUT2D eigenvalue weighted by Crippen LogP contribution is 2.31. The van der Waals surface area contributed by atoms with Gasteiger partial charge in [-0.1, -0.05) is 12.1 Å². The minimum atomic E-state index is -0.313. The van der Waals surface area contributed by atoms with Gasteiger partial charge < -0.3 is 14.2 Å². The lowest BCUT2D eigenvalue weighted by Crippen LogP contribution is -2.38. The molecule has 0 saturated heterocycles. The molecule has 7 heteroatoms. The number of ketones is 1. The summed E-state index contributed by atoms with van der Waals surface area (Å²) in [5.41, 5.74) is 3.91. The second-order valence-electron chi connectivity index (χ2n) is 7.86. The zero-order valence-corrected chi connectivity index (χ0v) is 17.9. The van der Waals surface area contributed by atoms with Gasteiger partial charge in [0.15, 0.2) is 11.6 Å². The molecule has 0 bridgehead atoms. The molecule has 1 aliphatic rings. The van der Waals surface area contributed by atoms with Gasteiger partial charge in [-0.2, -0.15) is 0 Å². The van der Waals surface area contributed by atoms with Crippen molar-refractivity contribution < 1.29 is 9.53 Å². The molecule has 0 aliphatic heterocycles. The number of rotatable bonds is 7. The fourth-order valence-corrected chi connectivity index (χ4v) is 3.88. The molecule has 1 atom stereocenters. The monoisotopic (exact) mass is 405 g/mol. The molecule has 4 rings (SSSR count). The fraction of sp³-hybridized carbons (Fsp3) is 0.391. The summed E-state index contributed by atoms with van der Waals surface area (Å²) in [5.74, 6) is 2.35. The third kappa shape index (κ3) is 3.92. The molecular formula is C23H27N5O2. The standard InChI is InChI=1S/C23H27N5O2/c1-15(21(29)12-16-7-5-8-17(11-16)30-4)28(3)23-18-9-6-10-19(18)25-22(26-23)20-13-27(2)14-24-20/h5,7-8,11,13-15H,6,9-10,12H2,1-4H3/t15-/m1/s1. The first-order chi connectivity index (χ1) is 14.5. The van der Waals surface area contributed by atoms with E-state index in [1.54, 1.807) is 13.4 Å². The zero-order chi connectivity index (χ0) is 21.3. The summed E-state index contributed by atoms with van der Waals surface area (Å²) in [6.07, 6.45) is 6.94. The van der Waals surface area contributed by atoms with E-state index in [0.29, 0.717) is 12.2 Å². The molecule has 2 heterocycles. The van der Waals surface area contributed by atoms with Gasteiger partial charge >= 0.3 is 0 Å². The molecule has 0 spiro atoms. The molecule has 0 radical (unpaired) electrons. The molecule has 0 fully saturated rings. The van der Waals surface area contributed by atoms with E-state index >= 15 is 0 Å². The smallest absolute Gasteiger partial charge is 0.182 e. The SMILES string of the molecule is COc1cccc(CC(=O)[C@@H](C)N(C)c2nc(-c3cn(C)cn3)nc3c2CCC3)c1. The number of carbonyl (C=O) groups excluding carboxylic acids is 1. The Morgan fingerprint density at radius 1 is 1.30 bits per heavy atom. The van der Waals surface area contributed by atoms with Crippen molar-refractivity contribution >= 4 is 11.6 Å². The molecule has 3 aromatic rings. The van der Waals surface area contributed by atoms with Crippen molar-refractivity contribution in [3.05, 3.63) is 53.6 Å². The highest BCUT2D eigenvalue weighted by Gasteiger charge is 2.27. The highest BCUT2D eigenvalue weighted by atomic mass is 16.5. The molecule has 0 amide bonds. The van der Waals surface area contributed by atoms with E-state index in [2.05, 4.69) is 4.98 Å². The predicted molar refractivity (Wildman–Crippen MR) is 116 cm³/mol. The Kier molecular flexibility index (Phi) is 5.53. The van der Waals surface area contributed by atoms with Crippen molar-refractivity contribution in [1.29, 1.82) is 0 Å². The quantitative estimate of drug-likeness (QED) is 0.602. The number of aryl methyl sites for hydroxylation is 2. The van der Waals surface area contributed by atoms with E-state index in [4.69, 9.17) is 14.7 Å². The van der Waals surface area contributed by atoms with Crippen molar-refractivity contribution in [2.75, 3.05) is 19.1 Å². The summed E-state index contributed by atoms with van der Waals surface area (Å²) in [7, 11) is 5.50. The first-order valence-corrected chi connectivity index (χ1v) is 10.2. The Balaban J connectivity index is 1.60. The summed E-state index contributed by atoms with van der Waals surface area (Å²) in [4.78, 5) is 29.0. The van der Waals surface area contributed by atoms with Gasteiger partial charge in [-0.15, -0.1) is 0 Å². The predicted octanol–water partition coefficient (Wildman–Crippen LogP) is 3.01. The maximum Gasteiger partial charge on any atom is 0.182 e. The van der Waals surface area contributed by atoms with Gasteiger partial charge in [0.05, 0.1) is 19.5 Å². The van der Waals surface area contributed by atoms with Gasteiger partial charge in [-0.05, 0) is 43.9 Å². The van der Waals surface area contributed by atoms with Crippen LogP contribution in [0.3, 0.4) is 0 Å². The fourth-order valence-electron chi connectivity index (χ4n) is 3.88. The summed E-state index contributed by atoms with van der Waals surface area (Å²) in [5, 5.41) is 0. The molecule has 1 aliphatic carbocycles. The molecule has 0 N–H and O–H groups in total. The Hall–Kier alpha value is -3.22. The van der Waals surface area contributed by atoms with Crippen LogP contribution >= 0.6 is 0 Å².